The molecule has 0 radical (unpaired) electrons. The van der Waals surface area contributed by atoms with Crippen molar-refractivity contribution in [2.75, 3.05) is 6.61 Å². The summed E-state index contributed by atoms with van der Waals surface area (Å²) >= 11 is 0.905. The second-order valence-electron chi connectivity index (χ2n) is 8.11. The van der Waals surface area contributed by atoms with E-state index in [-0.39, 0.29) is 30.0 Å². The van der Waals surface area contributed by atoms with Gasteiger partial charge in [0.1, 0.15) is 6.61 Å². The van der Waals surface area contributed by atoms with E-state index in [0.717, 1.165) is 22.9 Å². The Labute approximate surface area is 212 Å². The van der Waals surface area contributed by atoms with Crippen LogP contribution in [0.4, 0.5) is 10.5 Å². The van der Waals surface area contributed by atoms with E-state index in [0.29, 0.717) is 34.1 Å². The number of imide groups is 1. The van der Waals surface area contributed by atoms with Gasteiger partial charge in [-0.15, -0.1) is 0 Å². The Balaban J connectivity index is 1.49. The van der Waals surface area contributed by atoms with Crippen LogP contribution in [0.3, 0.4) is 0 Å². The number of ether oxygens (including phenoxy) is 2. The van der Waals surface area contributed by atoms with Crippen LogP contribution in [0.5, 0.6) is 11.5 Å². The number of carbonyl (C=O) groups is 2. The first-order valence-corrected chi connectivity index (χ1v) is 12.1. The summed E-state index contributed by atoms with van der Waals surface area (Å²) in [5.74, 6) is 0.595. The molecule has 1 fully saturated rings. The van der Waals surface area contributed by atoms with Crippen LogP contribution in [0.15, 0.2) is 71.6 Å². The van der Waals surface area contributed by atoms with Crippen LogP contribution in [0.25, 0.3) is 6.08 Å². The molecule has 3 aromatic rings. The second-order valence-corrected chi connectivity index (χ2v) is 9.10. The Bertz CT molecular complexity index is 1340. The van der Waals surface area contributed by atoms with Crippen LogP contribution in [0.2, 0.25) is 0 Å². The average Bonchev–Trinajstić information content (AvgIpc) is 3.12. The summed E-state index contributed by atoms with van der Waals surface area (Å²) in [5, 5.41) is 10.7. The molecular weight excluding hydrogens is 480 g/mol. The van der Waals surface area contributed by atoms with Gasteiger partial charge in [0.2, 0.25) is 0 Å². The molecule has 1 aliphatic rings. The summed E-state index contributed by atoms with van der Waals surface area (Å²) in [4.78, 5) is 37.5. The third-order valence-corrected chi connectivity index (χ3v) is 6.32. The fourth-order valence-corrected chi connectivity index (χ4v) is 4.42. The molecule has 2 amide bonds. The SMILES string of the molecule is CCOc1cc(/C=C2/SC(=O)N(Cc3ccc(C)cc3)C2=O)ccc1OCc1cccc([N+](=O)[O-])c1. The number of hydrogen-bond donors (Lipinski definition) is 0. The maximum absolute atomic E-state index is 12.9. The highest BCUT2D eigenvalue weighted by Crippen LogP contribution is 2.35. The van der Waals surface area contributed by atoms with Crippen molar-refractivity contribution in [1.82, 2.24) is 4.90 Å². The van der Waals surface area contributed by atoms with Gasteiger partial charge < -0.3 is 9.47 Å². The predicted molar refractivity (Wildman–Crippen MR) is 138 cm³/mol. The van der Waals surface area contributed by atoms with Crippen molar-refractivity contribution in [2.24, 2.45) is 0 Å². The minimum atomic E-state index is -0.452. The van der Waals surface area contributed by atoms with Crippen molar-refractivity contribution in [3.8, 4) is 11.5 Å². The Kier molecular flexibility index (Phi) is 7.70. The van der Waals surface area contributed by atoms with Gasteiger partial charge in [-0.25, -0.2) is 0 Å². The second kappa shape index (κ2) is 11.1. The lowest BCUT2D eigenvalue weighted by Gasteiger charge is -2.13. The number of hydrogen-bond acceptors (Lipinski definition) is 7. The van der Waals surface area contributed by atoms with Crippen LogP contribution >= 0.6 is 11.8 Å². The molecule has 8 nitrogen and oxygen atoms in total. The zero-order chi connectivity index (χ0) is 25.7. The molecular formula is C27H24N2O6S. The number of thioether (sulfide) groups is 1. The number of aryl methyl sites for hydroxylation is 1. The summed E-state index contributed by atoms with van der Waals surface area (Å²) < 4.78 is 11.6. The Hall–Kier alpha value is -4.11. The van der Waals surface area contributed by atoms with Crippen molar-refractivity contribution in [1.29, 1.82) is 0 Å². The summed E-state index contributed by atoms with van der Waals surface area (Å²) in [7, 11) is 0. The summed E-state index contributed by atoms with van der Waals surface area (Å²) in [6, 6.07) is 19.2. The van der Waals surface area contributed by atoms with E-state index < -0.39 is 4.92 Å². The van der Waals surface area contributed by atoms with Crippen molar-refractivity contribution in [3.05, 3.63) is 104 Å². The monoisotopic (exact) mass is 504 g/mol. The molecule has 0 spiro atoms. The molecule has 36 heavy (non-hydrogen) atoms. The highest BCUT2D eigenvalue weighted by molar-refractivity contribution is 8.18. The third-order valence-electron chi connectivity index (χ3n) is 5.42. The van der Waals surface area contributed by atoms with Gasteiger partial charge in [0, 0.05) is 12.1 Å². The molecule has 1 saturated heterocycles. The number of rotatable bonds is 9. The van der Waals surface area contributed by atoms with E-state index in [1.165, 1.54) is 17.0 Å². The molecule has 0 bridgehead atoms. The van der Waals surface area contributed by atoms with E-state index in [1.54, 1.807) is 36.4 Å². The maximum atomic E-state index is 12.9. The molecule has 0 N–H and O–H groups in total. The number of benzene rings is 3. The molecule has 0 aliphatic carbocycles. The van der Waals surface area contributed by atoms with E-state index in [9.17, 15) is 19.7 Å². The third kappa shape index (κ3) is 5.92. The van der Waals surface area contributed by atoms with Crippen molar-refractivity contribution >= 4 is 34.7 Å². The topological polar surface area (TPSA) is 99.0 Å². The summed E-state index contributed by atoms with van der Waals surface area (Å²) in [6.07, 6.45) is 1.66. The molecule has 0 saturated carbocycles. The first kappa shape index (κ1) is 25.0. The first-order valence-electron chi connectivity index (χ1n) is 11.3. The van der Waals surface area contributed by atoms with E-state index >= 15 is 0 Å². The van der Waals surface area contributed by atoms with Crippen molar-refractivity contribution in [3.63, 3.8) is 0 Å². The fourth-order valence-electron chi connectivity index (χ4n) is 3.59. The molecule has 1 heterocycles. The van der Waals surface area contributed by atoms with Gasteiger partial charge in [-0.3, -0.25) is 24.6 Å². The number of amides is 2. The molecule has 1 aliphatic heterocycles. The zero-order valence-electron chi connectivity index (χ0n) is 19.8. The van der Waals surface area contributed by atoms with Gasteiger partial charge in [-0.05, 0) is 60.5 Å². The van der Waals surface area contributed by atoms with Gasteiger partial charge in [0.15, 0.2) is 11.5 Å². The lowest BCUT2D eigenvalue weighted by molar-refractivity contribution is -0.384. The predicted octanol–water partition coefficient (Wildman–Crippen LogP) is 6.12. The molecule has 184 valence electrons. The lowest BCUT2D eigenvalue weighted by atomic mass is 10.1. The van der Waals surface area contributed by atoms with Gasteiger partial charge in [0.25, 0.3) is 16.8 Å². The van der Waals surface area contributed by atoms with Crippen LogP contribution < -0.4 is 9.47 Å². The first-order chi connectivity index (χ1) is 17.3. The summed E-state index contributed by atoms with van der Waals surface area (Å²) in [5.41, 5.74) is 3.32. The Morgan fingerprint density at radius 1 is 0.972 bits per heavy atom. The normalized spacial score (nSPS) is 14.4. The van der Waals surface area contributed by atoms with Crippen molar-refractivity contribution < 1.29 is 24.0 Å². The number of carbonyl (C=O) groups excluding carboxylic acids is 2. The molecule has 9 heteroatoms. The van der Waals surface area contributed by atoms with E-state index in [2.05, 4.69) is 0 Å². The number of non-ortho nitro benzene ring substituents is 1. The Morgan fingerprint density at radius 3 is 2.47 bits per heavy atom. The number of nitro benzene ring substituents is 1. The van der Waals surface area contributed by atoms with Gasteiger partial charge >= 0.3 is 0 Å². The average molecular weight is 505 g/mol. The Morgan fingerprint density at radius 2 is 1.75 bits per heavy atom. The highest BCUT2D eigenvalue weighted by atomic mass is 32.2. The molecule has 0 aromatic heterocycles. The van der Waals surface area contributed by atoms with Crippen LogP contribution in [-0.4, -0.2) is 27.6 Å². The van der Waals surface area contributed by atoms with Crippen LogP contribution in [0, 0.1) is 17.0 Å². The zero-order valence-corrected chi connectivity index (χ0v) is 20.6. The van der Waals surface area contributed by atoms with Gasteiger partial charge in [-0.2, -0.15) is 0 Å². The quantitative estimate of drug-likeness (QED) is 0.197. The number of nitrogens with zero attached hydrogens (tertiary/aromatic N) is 2. The number of nitro groups is 1. The molecule has 3 aromatic carbocycles. The standard InChI is InChI=1S/C27H24N2O6S/c1-3-34-24-14-20(11-12-23(24)35-17-21-5-4-6-22(13-21)29(32)33)15-25-26(30)28(27(31)36-25)16-19-9-7-18(2)8-10-19/h4-15H,3,16-17H2,1-2H3/b25-15+. The van der Waals surface area contributed by atoms with E-state index in [4.69, 9.17) is 9.47 Å². The molecule has 0 atom stereocenters. The van der Waals surface area contributed by atoms with E-state index in [1.807, 2.05) is 38.1 Å². The fraction of sp³-hybridized carbons (Fsp3) is 0.185. The lowest BCUT2D eigenvalue weighted by Crippen LogP contribution is -2.27. The minimum absolute atomic E-state index is 0.00666. The largest absolute Gasteiger partial charge is 0.490 e. The smallest absolute Gasteiger partial charge is 0.293 e. The van der Waals surface area contributed by atoms with Crippen molar-refractivity contribution in [2.45, 2.75) is 27.0 Å². The minimum Gasteiger partial charge on any atom is -0.490 e. The highest BCUT2D eigenvalue weighted by Gasteiger charge is 2.35. The van der Waals surface area contributed by atoms with Gasteiger partial charge in [0.05, 0.1) is 23.0 Å². The summed E-state index contributed by atoms with van der Waals surface area (Å²) in [6.45, 7) is 4.56. The molecule has 4 rings (SSSR count). The van der Waals surface area contributed by atoms with Crippen LogP contribution in [0.1, 0.15) is 29.2 Å². The maximum Gasteiger partial charge on any atom is 0.293 e. The van der Waals surface area contributed by atoms with Crippen LogP contribution in [-0.2, 0) is 17.9 Å². The van der Waals surface area contributed by atoms with Gasteiger partial charge in [-0.1, -0.05) is 48.0 Å². The molecule has 0 unspecified atom stereocenters.